The van der Waals surface area contributed by atoms with Crippen LogP contribution in [-0.4, -0.2) is 33.8 Å². The van der Waals surface area contributed by atoms with Crippen LogP contribution in [0.15, 0.2) is 30.3 Å². The summed E-state index contributed by atoms with van der Waals surface area (Å²) in [5.74, 6) is -1.76. The van der Waals surface area contributed by atoms with Crippen LogP contribution >= 0.6 is 0 Å². The number of rotatable bonds is 8. The van der Waals surface area contributed by atoms with Gasteiger partial charge >= 0.3 is 5.97 Å². The third-order valence-corrected chi connectivity index (χ3v) is 3.25. The van der Waals surface area contributed by atoms with Crippen molar-refractivity contribution in [2.45, 2.75) is 32.2 Å². The van der Waals surface area contributed by atoms with E-state index < -0.39 is 17.9 Å². The summed E-state index contributed by atoms with van der Waals surface area (Å²) in [4.78, 5) is 21.6. The second-order valence-corrected chi connectivity index (χ2v) is 4.55. The average molecular weight is 265 g/mol. The van der Waals surface area contributed by atoms with Crippen molar-refractivity contribution >= 4 is 12.4 Å². The summed E-state index contributed by atoms with van der Waals surface area (Å²) in [6.07, 6.45) is 2.12. The van der Waals surface area contributed by atoms with Gasteiger partial charge in [0.2, 0.25) is 6.41 Å². The summed E-state index contributed by atoms with van der Waals surface area (Å²) in [6, 6.07) is 9.06. The van der Waals surface area contributed by atoms with Gasteiger partial charge in [-0.2, -0.15) is 0 Å². The minimum absolute atomic E-state index is 0.234. The molecule has 0 aliphatic carbocycles. The fraction of sp³-hybridized carbons (Fsp3) is 0.429. The average Bonchev–Trinajstić information content (AvgIpc) is 2.42. The number of aryl methyl sites for hydroxylation is 1. The monoisotopic (exact) mass is 265 g/mol. The molecule has 1 rings (SSSR count). The fourth-order valence-corrected chi connectivity index (χ4v) is 2.02. The van der Waals surface area contributed by atoms with Gasteiger partial charge in [-0.1, -0.05) is 30.3 Å². The van der Waals surface area contributed by atoms with E-state index in [0.717, 1.165) is 12.0 Å². The molecule has 0 saturated carbocycles. The van der Waals surface area contributed by atoms with Crippen molar-refractivity contribution < 1.29 is 19.9 Å². The Balaban J connectivity index is 2.51. The highest BCUT2D eigenvalue weighted by molar-refractivity contribution is 5.71. The first-order valence-electron chi connectivity index (χ1n) is 6.25. The van der Waals surface area contributed by atoms with Crippen LogP contribution in [0.3, 0.4) is 0 Å². The van der Waals surface area contributed by atoms with Gasteiger partial charge in [-0.15, -0.1) is 0 Å². The number of aliphatic carboxylic acids is 1. The smallest absolute Gasteiger partial charge is 0.308 e. The molecule has 1 aromatic rings. The van der Waals surface area contributed by atoms with Crippen molar-refractivity contribution in [2.24, 2.45) is 5.92 Å². The summed E-state index contributed by atoms with van der Waals surface area (Å²) in [6.45, 7) is 1.52. The number of hydrogen-bond acceptors (Lipinski definition) is 3. The quantitative estimate of drug-likeness (QED) is 0.428. The second kappa shape index (κ2) is 7.53. The van der Waals surface area contributed by atoms with E-state index in [2.05, 4.69) is 0 Å². The highest BCUT2D eigenvalue weighted by atomic mass is 16.5. The predicted octanol–water partition coefficient (Wildman–Crippen LogP) is 1.95. The Bertz CT molecular complexity index is 407. The number of hydrogen-bond donors (Lipinski definition) is 2. The van der Waals surface area contributed by atoms with Gasteiger partial charge in [-0.05, 0) is 31.7 Å². The van der Waals surface area contributed by atoms with Gasteiger partial charge in [0.15, 0.2) is 0 Å². The van der Waals surface area contributed by atoms with Gasteiger partial charge in [0, 0.05) is 0 Å². The van der Waals surface area contributed by atoms with Crippen molar-refractivity contribution in [3.63, 3.8) is 0 Å². The van der Waals surface area contributed by atoms with Gasteiger partial charge in [0.05, 0.1) is 12.0 Å². The zero-order chi connectivity index (χ0) is 14.3. The van der Waals surface area contributed by atoms with E-state index in [0.29, 0.717) is 17.9 Å². The van der Waals surface area contributed by atoms with E-state index in [-0.39, 0.29) is 6.41 Å². The Morgan fingerprint density at radius 2 is 2.00 bits per heavy atom. The molecule has 0 aliphatic heterocycles. The lowest BCUT2D eigenvalue weighted by Gasteiger charge is -2.24. The van der Waals surface area contributed by atoms with Gasteiger partial charge in [0.25, 0.3) is 0 Å². The molecule has 5 heteroatoms. The van der Waals surface area contributed by atoms with E-state index in [1.54, 1.807) is 0 Å². The van der Waals surface area contributed by atoms with Crippen LogP contribution in [0.5, 0.6) is 0 Å². The first-order valence-corrected chi connectivity index (χ1v) is 6.25. The highest BCUT2D eigenvalue weighted by Gasteiger charge is 2.27. The summed E-state index contributed by atoms with van der Waals surface area (Å²) < 4.78 is 0. The van der Waals surface area contributed by atoms with Crippen molar-refractivity contribution in [1.29, 1.82) is 0 Å². The van der Waals surface area contributed by atoms with Gasteiger partial charge in [0.1, 0.15) is 0 Å². The number of amides is 1. The largest absolute Gasteiger partial charge is 0.481 e. The van der Waals surface area contributed by atoms with E-state index in [1.807, 2.05) is 30.3 Å². The Morgan fingerprint density at radius 1 is 1.37 bits per heavy atom. The summed E-state index contributed by atoms with van der Waals surface area (Å²) in [5, 5.41) is 18.8. The first kappa shape index (κ1) is 15.2. The highest BCUT2D eigenvalue weighted by Crippen LogP contribution is 2.17. The lowest BCUT2D eigenvalue weighted by Crippen LogP contribution is -2.39. The van der Waals surface area contributed by atoms with Crippen LogP contribution in [0.25, 0.3) is 0 Å². The molecule has 0 bridgehead atoms. The third kappa shape index (κ3) is 4.71. The molecule has 2 atom stereocenters. The lowest BCUT2D eigenvalue weighted by molar-refractivity contribution is -0.170. The summed E-state index contributed by atoms with van der Waals surface area (Å²) in [7, 11) is 0. The maximum absolute atomic E-state index is 11.1. The van der Waals surface area contributed by atoms with E-state index in [1.165, 1.54) is 6.92 Å². The molecule has 0 aliphatic rings. The number of carbonyl (C=O) groups excluding carboxylic acids is 1. The Kier molecular flexibility index (Phi) is 6.02. The molecule has 104 valence electrons. The maximum atomic E-state index is 11.1. The number of benzene rings is 1. The Labute approximate surface area is 112 Å². The SMILES string of the molecule is CC(C(CCCc1ccccc1)C(=O)O)N(O)C=O. The van der Waals surface area contributed by atoms with Crippen molar-refractivity contribution in [3.8, 4) is 0 Å². The minimum Gasteiger partial charge on any atom is -0.481 e. The van der Waals surface area contributed by atoms with E-state index in [9.17, 15) is 14.8 Å². The predicted molar refractivity (Wildman–Crippen MR) is 69.7 cm³/mol. The molecule has 0 heterocycles. The molecule has 1 amide bonds. The Morgan fingerprint density at radius 3 is 2.53 bits per heavy atom. The molecule has 19 heavy (non-hydrogen) atoms. The molecule has 0 spiro atoms. The molecule has 0 saturated heterocycles. The molecule has 1 aromatic carbocycles. The third-order valence-electron chi connectivity index (χ3n) is 3.25. The summed E-state index contributed by atoms with van der Waals surface area (Å²) >= 11 is 0. The second-order valence-electron chi connectivity index (χ2n) is 4.55. The zero-order valence-corrected chi connectivity index (χ0v) is 10.9. The zero-order valence-electron chi connectivity index (χ0n) is 10.9. The molecule has 2 N–H and O–H groups in total. The van der Waals surface area contributed by atoms with Crippen LogP contribution in [0.1, 0.15) is 25.3 Å². The lowest BCUT2D eigenvalue weighted by atomic mass is 9.93. The van der Waals surface area contributed by atoms with Crippen LogP contribution in [0, 0.1) is 5.92 Å². The van der Waals surface area contributed by atoms with Gasteiger partial charge < -0.3 is 5.11 Å². The number of nitrogens with zero attached hydrogens (tertiary/aromatic N) is 1. The van der Waals surface area contributed by atoms with Crippen molar-refractivity contribution in [1.82, 2.24) is 5.06 Å². The van der Waals surface area contributed by atoms with Crippen molar-refractivity contribution in [3.05, 3.63) is 35.9 Å². The molecule has 2 unspecified atom stereocenters. The normalized spacial score (nSPS) is 13.6. The first-order chi connectivity index (χ1) is 9.06. The standard InChI is InChI=1S/C14H19NO4/c1-11(15(19)10-16)13(14(17)18)9-5-8-12-6-3-2-4-7-12/h2-4,6-7,10-11,13,19H,5,8-9H2,1H3,(H,17,18). The maximum Gasteiger partial charge on any atom is 0.308 e. The molecule has 0 radical (unpaired) electrons. The van der Waals surface area contributed by atoms with Crippen LogP contribution in [0.4, 0.5) is 0 Å². The number of carbonyl (C=O) groups is 2. The van der Waals surface area contributed by atoms with Crippen LogP contribution < -0.4 is 0 Å². The molecule has 5 nitrogen and oxygen atoms in total. The number of carboxylic acid groups (broad SMARTS) is 1. The van der Waals surface area contributed by atoms with Crippen LogP contribution in [-0.2, 0) is 16.0 Å². The minimum atomic E-state index is -0.999. The molecular weight excluding hydrogens is 246 g/mol. The number of hydroxylamine groups is 2. The summed E-state index contributed by atoms with van der Waals surface area (Å²) in [5.41, 5.74) is 1.15. The van der Waals surface area contributed by atoms with Gasteiger partial charge in [-0.3, -0.25) is 14.8 Å². The van der Waals surface area contributed by atoms with Crippen LogP contribution in [0.2, 0.25) is 0 Å². The molecular formula is C14H19NO4. The molecule has 0 aromatic heterocycles. The topological polar surface area (TPSA) is 77.8 Å². The molecule has 0 fully saturated rings. The number of carboxylic acids is 1. The Hall–Kier alpha value is -1.88. The fourth-order valence-electron chi connectivity index (χ4n) is 2.02. The van der Waals surface area contributed by atoms with Gasteiger partial charge in [-0.25, -0.2) is 5.06 Å². The van der Waals surface area contributed by atoms with E-state index >= 15 is 0 Å². The van der Waals surface area contributed by atoms with Crippen molar-refractivity contribution in [2.75, 3.05) is 0 Å². The van der Waals surface area contributed by atoms with E-state index in [4.69, 9.17) is 5.11 Å².